The third kappa shape index (κ3) is 4.55. The highest BCUT2D eigenvalue weighted by Gasteiger charge is 2.23. The normalized spacial score (nSPS) is 13.0. The van der Waals surface area contributed by atoms with Gasteiger partial charge in [0, 0.05) is 40.2 Å². The van der Waals surface area contributed by atoms with Crippen molar-refractivity contribution in [3.63, 3.8) is 0 Å². The minimum atomic E-state index is -3.55. The fourth-order valence-electron chi connectivity index (χ4n) is 3.27. The molecule has 6 nitrogen and oxygen atoms in total. The van der Waals surface area contributed by atoms with Crippen LogP contribution in [0.1, 0.15) is 35.0 Å². The first-order chi connectivity index (χ1) is 14.9. The number of benzene rings is 2. The van der Waals surface area contributed by atoms with Crippen LogP contribution in [0.15, 0.2) is 58.3 Å². The zero-order valence-electron chi connectivity index (χ0n) is 17.3. The van der Waals surface area contributed by atoms with Crippen LogP contribution >= 0.6 is 23.1 Å². The summed E-state index contributed by atoms with van der Waals surface area (Å²) in [7, 11) is -1.98. The first-order valence-corrected chi connectivity index (χ1v) is 13.2. The van der Waals surface area contributed by atoms with Gasteiger partial charge in [0.2, 0.25) is 10.0 Å². The number of carbonyl (C=O) groups excluding carboxylic acids is 1. The highest BCUT2D eigenvalue weighted by Crippen LogP contribution is 2.44. The van der Waals surface area contributed by atoms with Crippen LogP contribution in [0.3, 0.4) is 0 Å². The number of nitrogens with one attached hydrogen (secondary N) is 1. The van der Waals surface area contributed by atoms with Crippen molar-refractivity contribution in [2.45, 2.75) is 35.3 Å². The van der Waals surface area contributed by atoms with Gasteiger partial charge in [-0.25, -0.2) is 17.7 Å². The van der Waals surface area contributed by atoms with Crippen LogP contribution in [0.2, 0.25) is 0 Å². The maximum Gasteiger partial charge on any atom is 0.257 e. The zero-order chi connectivity index (χ0) is 22.0. The Balaban J connectivity index is 1.49. The first-order valence-electron chi connectivity index (χ1n) is 10.00. The molecule has 1 aliphatic heterocycles. The van der Waals surface area contributed by atoms with Crippen LogP contribution in [0.5, 0.6) is 0 Å². The van der Waals surface area contributed by atoms with Crippen molar-refractivity contribution in [2.24, 2.45) is 0 Å². The second kappa shape index (κ2) is 9.12. The van der Waals surface area contributed by atoms with Crippen molar-refractivity contribution in [3.05, 3.63) is 59.0 Å². The van der Waals surface area contributed by atoms with E-state index in [1.807, 2.05) is 25.1 Å². The zero-order valence-corrected chi connectivity index (χ0v) is 19.7. The van der Waals surface area contributed by atoms with Crippen LogP contribution in [-0.2, 0) is 15.8 Å². The van der Waals surface area contributed by atoms with Gasteiger partial charge in [0.15, 0.2) is 5.13 Å². The maximum atomic E-state index is 12.7. The molecule has 0 radical (unpaired) electrons. The fourth-order valence-corrected chi connectivity index (χ4v) is 6.58. The van der Waals surface area contributed by atoms with Crippen molar-refractivity contribution in [1.82, 2.24) is 9.29 Å². The maximum absolute atomic E-state index is 12.7. The Labute approximate surface area is 190 Å². The van der Waals surface area contributed by atoms with Crippen molar-refractivity contribution < 1.29 is 13.2 Å². The van der Waals surface area contributed by atoms with Gasteiger partial charge in [-0.3, -0.25) is 10.1 Å². The SMILES string of the molecule is CCCCN(C)S(=O)(=O)c1ccc(C(=O)Nc2nc3c(s2)CSc2ccccc2-3)cc1. The molecule has 1 N–H and O–H groups in total. The van der Waals surface area contributed by atoms with E-state index in [1.54, 1.807) is 18.8 Å². The lowest BCUT2D eigenvalue weighted by molar-refractivity contribution is 0.102. The highest BCUT2D eigenvalue weighted by molar-refractivity contribution is 7.98. The monoisotopic (exact) mass is 473 g/mol. The Morgan fingerprint density at radius 3 is 2.65 bits per heavy atom. The van der Waals surface area contributed by atoms with Crippen molar-refractivity contribution in [3.8, 4) is 11.3 Å². The molecule has 1 aliphatic rings. The predicted molar refractivity (Wildman–Crippen MR) is 126 cm³/mol. The molecule has 3 aromatic rings. The van der Waals surface area contributed by atoms with Gasteiger partial charge in [0.1, 0.15) is 0 Å². The molecule has 0 aliphatic carbocycles. The number of sulfonamides is 1. The number of hydrogen-bond donors (Lipinski definition) is 1. The van der Waals surface area contributed by atoms with Gasteiger partial charge in [-0.15, -0.1) is 23.1 Å². The van der Waals surface area contributed by atoms with Crippen LogP contribution in [0, 0.1) is 0 Å². The third-order valence-electron chi connectivity index (χ3n) is 5.07. The Hall–Kier alpha value is -2.20. The highest BCUT2D eigenvalue weighted by atomic mass is 32.2. The van der Waals surface area contributed by atoms with Crippen LogP contribution in [0.4, 0.5) is 5.13 Å². The number of thioether (sulfide) groups is 1. The molecule has 2 heterocycles. The molecule has 4 rings (SSSR count). The summed E-state index contributed by atoms with van der Waals surface area (Å²) in [5.74, 6) is 0.521. The van der Waals surface area contributed by atoms with E-state index in [4.69, 9.17) is 0 Å². The fraction of sp³-hybridized carbons (Fsp3) is 0.273. The smallest absolute Gasteiger partial charge is 0.257 e. The number of thiazole rings is 1. The van der Waals surface area contributed by atoms with Crippen LogP contribution in [0.25, 0.3) is 11.3 Å². The lowest BCUT2D eigenvalue weighted by Crippen LogP contribution is -2.28. The predicted octanol–water partition coefficient (Wildman–Crippen LogP) is 5.09. The van der Waals surface area contributed by atoms with E-state index >= 15 is 0 Å². The molecule has 31 heavy (non-hydrogen) atoms. The molecule has 0 saturated heterocycles. The summed E-state index contributed by atoms with van der Waals surface area (Å²) in [4.78, 5) is 19.8. The second-order valence-electron chi connectivity index (χ2n) is 7.23. The molecular formula is C22H23N3O3S3. The molecule has 162 valence electrons. The van der Waals surface area contributed by atoms with E-state index in [2.05, 4.69) is 16.4 Å². The Morgan fingerprint density at radius 2 is 1.90 bits per heavy atom. The molecule has 9 heteroatoms. The van der Waals surface area contributed by atoms with Crippen molar-refractivity contribution in [1.29, 1.82) is 0 Å². The molecule has 0 saturated carbocycles. The number of nitrogens with zero attached hydrogens (tertiary/aromatic N) is 2. The summed E-state index contributed by atoms with van der Waals surface area (Å²) in [6, 6.07) is 14.2. The Kier molecular flexibility index (Phi) is 6.47. The summed E-state index contributed by atoms with van der Waals surface area (Å²) in [6.45, 7) is 2.49. The van der Waals surface area contributed by atoms with E-state index in [1.165, 1.54) is 44.8 Å². The second-order valence-corrected chi connectivity index (χ2v) is 11.4. The number of carbonyl (C=O) groups is 1. The number of fused-ring (bicyclic) bond motifs is 3. The standard InChI is InChI=1S/C22H23N3O3S3/c1-3-4-13-25(2)31(27,28)16-11-9-15(10-12-16)21(26)24-22-23-20-17-7-5-6-8-18(17)29-14-19(20)30-22/h5-12H,3-4,13-14H2,1-2H3,(H,23,24,26). The van der Waals surface area contributed by atoms with Crippen molar-refractivity contribution >= 4 is 44.2 Å². The van der Waals surface area contributed by atoms with Gasteiger partial charge in [0.25, 0.3) is 5.91 Å². The molecule has 0 spiro atoms. The summed E-state index contributed by atoms with van der Waals surface area (Å²) in [5.41, 5.74) is 2.40. The number of hydrogen-bond acceptors (Lipinski definition) is 6. The number of anilines is 1. The molecule has 1 aromatic heterocycles. The summed E-state index contributed by atoms with van der Waals surface area (Å²) in [6.07, 6.45) is 1.72. The minimum Gasteiger partial charge on any atom is -0.298 e. The van der Waals surface area contributed by atoms with E-state index in [0.29, 0.717) is 17.2 Å². The van der Waals surface area contributed by atoms with Gasteiger partial charge in [0.05, 0.1) is 10.6 Å². The average Bonchev–Trinajstić information content (AvgIpc) is 3.20. The van der Waals surface area contributed by atoms with Gasteiger partial charge in [-0.1, -0.05) is 31.5 Å². The van der Waals surface area contributed by atoms with Gasteiger partial charge in [-0.05, 0) is 36.8 Å². The first kappa shape index (κ1) is 22.0. The van der Waals surface area contributed by atoms with E-state index in [0.717, 1.165) is 34.7 Å². The Bertz CT molecular complexity index is 1200. The topological polar surface area (TPSA) is 79.4 Å². The molecule has 0 unspecified atom stereocenters. The lowest BCUT2D eigenvalue weighted by Gasteiger charge is -2.16. The molecule has 2 aromatic carbocycles. The summed E-state index contributed by atoms with van der Waals surface area (Å²) < 4.78 is 26.6. The molecular weight excluding hydrogens is 450 g/mol. The van der Waals surface area contributed by atoms with Gasteiger partial charge >= 0.3 is 0 Å². The number of aromatic nitrogens is 1. The van der Waals surface area contributed by atoms with E-state index in [-0.39, 0.29) is 10.8 Å². The van der Waals surface area contributed by atoms with E-state index < -0.39 is 10.0 Å². The molecule has 0 bridgehead atoms. The van der Waals surface area contributed by atoms with Gasteiger partial charge < -0.3 is 0 Å². The van der Waals surface area contributed by atoms with E-state index in [9.17, 15) is 13.2 Å². The average molecular weight is 474 g/mol. The van der Waals surface area contributed by atoms with Crippen LogP contribution in [-0.4, -0.2) is 37.2 Å². The van der Waals surface area contributed by atoms with Crippen LogP contribution < -0.4 is 5.32 Å². The van der Waals surface area contributed by atoms with Crippen molar-refractivity contribution in [2.75, 3.05) is 18.9 Å². The summed E-state index contributed by atoms with van der Waals surface area (Å²) >= 11 is 3.24. The number of rotatable bonds is 7. The number of unbranched alkanes of at least 4 members (excludes halogenated alkanes) is 1. The quantitative estimate of drug-likeness (QED) is 0.517. The minimum absolute atomic E-state index is 0.181. The molecule has 1 amide bonds. The lowest BCUT2D eigenvalue weighted by atomic mass is 10.1. The third-order valence-corrected chi connectivity index (χ3v) is 9.19. The molecule has 0 fully saturated rings. The number of amides is 1. The van der Waals surface area contributed by atoms with Gasteiger partial charge in [-0.2, -0.15) is 0 Å². The Morgan fingerprint density at radius 1 is 1.16 bits per heavy atom. The molecule has 0 atom stereocenters. The largest absolute Gasteiger partial charge is 0.298 e. The summed E-state index contributed by atoms with van der Waals surface area (Å²) in [5, 5.41) is 3.40.